The van der Waals surface area contributed by atoms with Crippen LogP contribution in [0.15, 0.2) is 77.7 Å². The summed E-state index contributed by atoms with van der Waals surface area (Å²) < 4.78 is 38.2. The molecule has 0 spiro atoms. The third-order valence-electron chi connectivity index (χ3n) is 5.22. The Hall–Kier alpha value is -3.36. The summed E-state index contributed by atoms with van der Waals surface area (Å²) in [6, 6.07) is 21.3. The number of ether oxygens (including phenoxy) is 2. The number of carbonyl (C=O) groups is 1. The highest BCUT2D eigenvalue weighted by Crippen LogP contribution is 2.28. The van der Waals surface area contributed by atoms with Gasteiger partial charge in [-0.15, -0.1) is 0 Å². The van der Waals surface area contributed by atoms with E-state index in [-0.39, 0.29) is 28.7 Å². The maximum Gasteiger partial charge on any atom is 0.251 e. The fraction of sp³-hybridized carbons (Fsp3) is 0.240. The molecule has 0 aromatic heterocycles. The second kappa shape index (κ2) is 11.0. The Morgan fingerprint density at radius 3 is 2.24 bits per heavy atom. The Morgan fingerprint density at radius 2 is 1.61 bits per heavy atom. The van der Waals surface area contributed by atoms with Crippen LogP contribution >= 0.6 is 0 Å². The Balaban J connectivity index is 1.72. The molecule has 1 amide bonds. The van der Waals surface area contributed by atoms with Gasteiger partial charge in [-0.05, 0) is 47.9 Å². The highest BCUT2D eigenvalue weighted by Gasteiger charge is 2.26. The van der Waals surface area contributed by atoms with Crippen molar-refractivity contribution >= 4 is 15.9 Å². The Labute approximate surface area is 195 Å². The highest BCUT2D eigenvalue weighted by molar-refractivity contribution is 7.89. The average molecular weight is 469 g/mol. The van der Waals surface area contributed by atoms with Crippen LogP contribution in [-0.2, 0) is 23.0 Å². The van der Waals surface area contributed by atoms with Gasteiger partial charge in [0, 0.05) is 25.7 Å². The van der Waals surface area contributed by atoms with Gasteiger partial charge in [0.2, 0.25) is 10.0 Å². The van der Waals surface area contributed by atoms with Gasteiger partial charge in [0.25, 0.3) is 5.91 Å². The summed E-state index contributed by atoms with van der Waals surface area (Å²) >= 11 is 0. The zero-order valence-electron chi connectivity index (χ0n) is 18.9. The molecule has 1 N–H and O–H groups in total. The molecule has 0 aliphatic carbocycles. The molecule has 0 bridgehead atoms. The first-order valence-corrected chi connectivity index (χ1v) is 11.9. The van der Waals surface area contributed by atoms with E-state index < -0.39 is 10.0 Å². The molecule has 0 saturated heterocycles. The molecule has 0 atom stereocenters. The Morgan fingerprint density at radius 1 is 0.909 bits per heavy atom. The second-order valence-corrected chi connectivity index (χ2v) is 9.48. The largest absolute Gasteiger partial charge is 0.497 e. The van der Waals surface area contributed by atoms with E-state index in [9.17, 15) is 13.2 Å². The quantitative estimate of drug-likeness (QED) is 0.492. The molecule has 0 fully saturated rings. The second-order valence-electron chi connectivity index (χ2n) is 7.47. The van der Waals surface area contributed by atoms with Crippen LogP contribution in [0.5, 0.6) is 11.5 Å². The minimum Gasteiger partial charge on any atom is -0.497 e. The number of nitrogens with zero attached hydrogens (tertiary/aromatic N) is 1. The first-order valence-electron chi connectivity index (χ1n) is 10.4. The number of amides is 1. The van der Waals surface area contributed by atoms with Gasteiger partial charge in [0.15, 0.2) is 0 Å². The number of benzene rings is 3. The van der Waals surface area contributed by atoms with Crippen LogP contribution in [0, 0.1) is 0 Å². The van der Waals surface area contributed by atoms with Crippen LogP contribution in [-0.4, -0.2) is 46.4 Å². The molecule has 33 heavy (non-hydrogen) atoms. The molecule has 0 unspecified atom stereocenters. The van der Waals surface area contributed by atoms with Crippen molar-refractivity contribution in [3.8, 4) is 11.5 Å². The fourth-order valence-corrected chi connectivity index (χ4v) is 4.66. The molecule has 7 nitrogen and oxygen atoms in total. The van der Waals surface area contributed by atoms with Gasteiger partial charge >= 0.3 is 0 Å². The standard InChI is InChI=1S/C25H28N2O5S/c1-27(18-20-7-5-4-6-8-20)33(29,30)24-17-21(11-14-23(24)32-3)25(28)26-16-15-19-9-12-22(31-2)13-10-19/h4-14,17H,15-16,18H2,1-3H3,(H,26,28). The van der Waals surface area contributed by atoms with Crippen molar-refractivity contribution in [2.45, 2.75) is 17.9 Å². The Kier molecular flexibility index (Phi) is 8.08. The van der Waals surface area contributed by atoms with Gasteiger partial charge in [0.05, 0.1) is 14.2 Å². The van der Waals surface area contributed by atoms with Crippen molar-refractivity contribution < 1.29 is 22.7 Å². The smallest absolute Gasteiger partial charge is 0.251 e. The lowest BCUT2D eigenvalue weighted by Gasteiger charge is -2.19. The minimum atomic E-state index is -3.89. The normalized spacial score (nSPS) is 11.3. The van der Waals surface area contributed by atoms with E-state index >= 15 is 0 Å². The average Bonchev–Trinajstić information content (AvgIpc) is 2.84. The van der Waals surface area contributed by atoms with Crippen LogP contribution in [0.2, 0.25) is 0 Å². The molecular weight excluding hydrogens is 440 g/mol. The van der Waals surface area contributed by atoms with Gasteiger partial charge in [-0.1, -0.05) is 42.5 Å². The monoisotopic (exact) mass is 468 g/mol. The highest BCUT2D eigenvalue weighted by atomic mass is 32.2. The molecule has 0 saturated carbocycles. The molecule has 174 valence electrons. The SMILES string of the molecule is COc1ccc(CCNC(=O)c2ccc(OC)c(S(=O)(=O)N(C)Cc3ccccc3)c2)cc1. The number of sulfonamides is 1. The molecule has 3 aromatic carbocycles. The lowest BCUT2D eigenvalue weighted by atomic mass is 10.1. The summed E-state index contributed by atoms with van der Waals surface area (Å²) in [5, 5.41) is 2.84. The molecule has 8 heteroatoms. The predicted octanol–water partition coefficient (Wildman–Crippen LogP) is 3.50. The molecule has 0 aliphatic rings. The minimum absolute atomic E-state index is 0.0498. The van der Waals surface area contributed by atoms with Crippen molar-refractivity contribution in [3.05, 3.63) is 89.5 Å². The first kappa shape index (κ1) is 24.3. The van der Waals surface area contributed by atoms with E-state index in [4.69, 9.17) is 9.47 Å². The summed E-state index contributed by atoms with van der Waals surface area (Å²) in [6.07, 6.45) is 0.636. The topological polar surface area (TPSA) is 84.9 Å². The molecule has 0 radical (unpaired) electrons. The number of hydrogen-bond donors (Lipinski definition) is 1. The van der Waals surface area contributed by atoms with Crippen molar-refractivity contribution in [1.29, 1.82) is 0 Å². The fourth-order valence-electron chi connectivity index (χ4n) is 3.33. The predicted molar refractivity (Wildman–Crippen MR) is 127 cm³/mol. The van der Waals surface area contributed by atoms with Gasteiger partial charge in [-0.2, -0.15) is 4.31 Å². The lowest BCUT2D eigenvalue weighted by molar-refractivity contribution is 0.0954. The van der Waals surface area contributed by atoms with E-state index in [2.05, 4.69) is 5.32 Å². The maximum atomic E-state index is 13.2. The zero-order chi connectivity index (χ0) is 23.8. The van der Waals surface area contributed by atoms with Gasteiger partial charge in [-0.3, -0.25) is 4.79 Å². The van der Waals surface area contributed by atoms with Gasteiger partial charge in [0.1, 0.15) is 16.4 Å². The third-order valence-corrected chi connectivity index (χ3v) is 7.04. The summed E-state index contributed by atoms with van der Waals surface area (Å²) in [5.74, 6) is 0.602. The van der Waals surface area contributed by atoms with Crippen molar-refractivity contribution in [1.82, 2.24) is 9.62 Å². The first-order chi connectivity index (χ1) is 15.8. The number of carbonyl (C=O) groups excluding carboxylic acids is 1. The number of nitrogens with one attached hydrogen (secondary N) is 1. The summed E-state index contributed by atoms with van der Waals surface area (Å²) in [7, 11) is 0.626. The summed E-state index contributed by atoms with van der Waals surface area (Å²) in [6.45, 7) is 0.609. The van der Waals surface area contributed by atoms with Crippen molar-refractivity contribution in [2.75, 3.05) is 27.8 Å². The van der Waals surface area contributed by atoms with Crippen molar-refractivity contribution in [2.24, 2.45) is 0 Å². The molecular formula is C25H28N2O5S. The zero-order valence-corrected chi connectivity index (χ0v) is 19.8. The number of rotatable bonds is 10. The van der Waals surface area contributed by atoms with Gasteiger partial charge < -0.3 is 14.8 Å². The summed E-state index contributed by atoms with van der Waals surface area (Å²) in [5.41, 5.74) is 2.16. The Bertz CT molecular complexity index is 1180. The summed E-state index contributed by atoms with van der Waals surface area (Å²) in [4.78, 5) is 12.6. The third kappa shape index (κ3) is 6.12. The van der Waals surface area contributed by atoms with Crippen LogP contribution in [0.4, 0.5) is 0 Å². The van der Waals surface area contributed by atoms with E-state index in [0.29, 0.717) is 13.0 Å². The van der Waals surface area contributed by atoms with Crippen LogP contribution in [0.3, 0.4) is 0 Å². The van der Waals surface area contributed by atoms with Crippen molar-refractivity contribution in [3.63, 3.8) is 0 Å². The van der Waals surface area contributed by atoms with E-state index in [1.807, 2.05) is 54.6 Å². The van der Waals surface area contributed by atoms with Crippen LogP contribution in [0.1, 0.15) is 21.5 Å². The van der Waals surface area contributed by atoms with Crippen LogP contribution in [0.25, 0.3) is 0 Å². The molecule has 0 heterocycles. The van der Waals surface area contributed by atoms with E-state index in [1.54, 1.807) is 13.2 Å². The molecule has 0 aliphatic heterocycles. The number of hydrogen-bond acceptors (Lipinski definition) is 5. The lowest BCUT2D eigenvalue weighted by Crippen LogP contribution is -2.28. The molecule has 3 rings (SSSR count). The van der Waals surface area contributed by atoms with E-state index in [0.717, 1.165) is 16.9 Å². The van der Waals surface area contributed by atoms with Crippen LogP contribution < -0.4 is 14.8 Å². The maximum absolute atomic E-state index is 13.2. The van der Waals surface area contributed by atoms with E-state index in [1.165, 1.54) is 30.6 Å². The van der Waals surface area contributed by atoms with Gasteiger partial charge in [-0.25, -0.2) is 8.42 Å². The number of methoxy groups -OCH3 is 2. The molecule has 3 aromatic rings.